The van der Waals surface area contributed by atoms with Crippen LogP contribution in [0.3, 0.4) is 0 Å². The lowest BCUT2D eigenvalue weighted by atomic mass is 9.95. The lowest BCUT2D eigenvalue weighted by molar-refractivity contribution is 0.0677. The van der Waals surface area contributed by atoms with Crippen LogP contribution in [-0.4, -0.2) is 37.2 Å². The van der Waals surface area contributed by atoms with E-state index < -0.39 is 0 Å². The van der Waals surface area contributed by atoms with Crippen LogP contribution in [0.1, 0.15) is 65.7 Å². The van der Waals surface area contributed by atoms with Crippen molar-refractivity contribution < 1.29 is 19.1 Å². The monoisotopic (exact) mass is 500 g/mol. The van der Waals surface area contributed by atoms with Gasteiger partial charge in [0.2, 0.25) is 0 Å². The van der Waals surface area contributed by atoms with Crippen LogP contribution in [0.5, 0.6) is 5.75 Å². The Bertz CT molecular complexity index is 935. The average Bonchev–Trinajstić information content (AvgIpc) is 3.33. The molecule has 1 aliphatic heterocycles. The van der Waals surface area contributed by atoms with E-state index in [-0.39, 0.29) is 24.0 Å². The van der Waals surface area contributed by atoms with E-state index in [2.05, 4.69) is 26.6 Å². The minimum Gasteiger partial charge on any atom is -0.490 e. The Labute approximate surface area is 197 Å². The molecule has 2 aromatic carbocycles. The first-order valence-electron chi connectivity index (χ1n) is 11.3. The van der Waals surface area contributed by atoms with E-state index in [1.54, 1.807) is 42.5 Å². The first kappa shape index (κ1) is 22.8. The maximum atomic E-state index is 12.7. The number of nitrogens with one attached hydrogen (secondary N) is 2. The molecule has 6 nitrogen and oxygen atoms in total. The molecule has 170 valence electrons. The summed E-state index contributed by atoms with van der Waals surface area (Å²) in [5, 5.41) is 5.99. The molecule has 0 aromatic heterocycles. The van der Waals surface area contributed by atoms with Crippen LogP contribution in [-0.2, 0) is 4.74 Å². The molecule has 0 bridgehead atoms. The van der Waals surface area contributed by atoms with Crippen molar-refractivity contribution in [3.8, 4) is 5.75 Å². The summed E-state index contributed by atoms with van der Waals surface area (Å²) in [7, 11) is 0. The molecule has 2 aromatic rings. The molecule has 2 amide bonds. The molecule has 4 rings (SSSR count). The van der Waals surface area contributed by atoms with Gasteiger partial charge in [0.15, 0.2) is 0 Å². The molecule has 32 heavy (non-hydrogen) atoms. The van der Waals surface area contributed by atoms with Crippen molar-refractivity contribution in [1.82, 2.24) is 5.32 Å². The van der Waals surface area contributed by atoms with Crippen molar-refractivity contribution in [3.05, 3.63) is 58.1 Å². The molecule has 1 unspecified atom stereocenters. The topological polar surface area (TPSA) is 76.7 Å². The van der Waals surface area contributed by atoms with Gasteiger partial charge < -0.3 is 20.1 Å². The Hall–Kier alpha value is -2.38. The highest BCUT2D eigenvalue weighted by Gasteiger charge is 2.18. The van der Waals surface area contributed by atoms with Gasteiger partial charge in [-0.25, -0.2) is 0 Å². The second-order valence-corrected chi connectivity index (χ2v) is 9.29. The molecule has 2 N–H and O–H groups in total. The first-order valence-corrected chi connectivity index (χ1v) is 12.1. The quantitative estimate of drug-likeness (QED) is 0.539. The zero-order chi connectivity index (χ0) is 22.3. The van der Waals surface area contributed by atoms with Crippen LogP contribution in [0.2, 0.25) is 0 Å². The van der Waals surface area contributed by atoms with Crippen molar-refractivity contribution in [2.75, 3.05) is 18.5 Å². The minimum atomic E-state index is -0.226. The zero-order valence-electron chi connectivity index (χ0n) is 18.1. The first-order chi connectivity index (χ1) is 15.6. The summed E-state index contributed by atoms with van der Waals surface area (Å²) in [5.74, 6) is 0.401. The van der Waals surface area contributed by atoms with Gasteiger partial charge in [0.1, 0.15) is 12.4 Å². The van der Waals surface area contributed by atoms with E-state index in [4.69, 9.17) is 9.47 Å². The summed E-state index contributed by atoms with van der Waals surface area (Å²) in [6.07, 6.45) is 7.92. The highest BCUT2D eigenvalue weighted by Crippen LogP contribution is 2.27. The maximum Gasteiger partial charge on any atom is 0.255 e. The van der Waals surface area contributed by atoms with Gasteiger partial charge in [-0.1, -0.05) is 19.3 Å². The molecule has 1 atom stereocenters. The highest BCUT2D eigenvalue weighted by molar-refractivity contribution is 9.10. The summed E-state index contributed by atoms with van der Waals surface area (Å²) in [4.78, 5) is 25.1. The molecule has 0 radical (unpaired) electrons. The molecule has 1 saturated carbocycles. The van der Waals surface area contributed by atoms with Gasteiger partial charge >= 0.3 is 0 Å². The minimum absolute atomic E-state index is 0.0581. The van der Waals surface area contributed by atoms with Crippen LogP contribution in [0.25, 0.3) is 0 Å². The van der Waals surface area contributed by atoms with Crippen molar-refractivity contribution in [1.29, 1.82) is 0 Å². The fraction of sp³-hybridized carbons (Fsp3) is 0.440. The van der Waals surface area contributed by atoms with Gasteiger partial charge in [0, 0.05) is 29.5 Å². The lowest BCUT2D eigenvalue weighted by Gasteiger charge is -2.22. The van der Waals surface area contributed by atoms with Crippen molar-refractivity contribution in [3.63, 3.8) is 0 Å². The third kappa shape index (κ3) is 6.11. The molecular formula is C25H29BrN2O4. The van der Waals surface area contributed by atoms with Gasteiger partial charge in [-0.15, -0.1) is 0 Å². The predicted octanol–water partition coefficient (Wildman–Crippen LogP) is 5.32. The number of amides is 2. The van der Waals surface area contributed by atoms with Gasteiger partial charge in [-0.3, -0.25) is 9.59 Å². The van der Waals surface area contributed by atoms with Gasteiger partial charge in [-0.05, 0) is 84.1 Å². The summed E-state index contributed by atoms with van der Waals surface area (Å²) in [5.41, 5.74) is 1.75. The third-order valence-corrected chi connectivity index (χ3v) is 6.61. The van der Waals surface area contributed by atoms with E-state index in [1.807, 2.05) is 0 Å². The van der Waals surface area contributed by atoms with Gasteiger partial charge in [0.05, 0.1) is 10.6 Å². The normalized spacial score (nSPS) is 18.8. The van der Waals surface area contributed by atoms with Crippen molar-refractivity contribution in [2.24, 2.45) is 0 Å². The van der Waals surface area contributed by atoms with Crippen molar-refractivity contribution in [2.45, 2.75) is 57.1 Å². The Morgan fingerprint density at radius 2 is 1.69 bits per heavy atom. The number of hydrogen-bond acceptors (Lipinski definition) is 4. The largest absolute Gasteiger partial charge is 0.490 e. The number of carbonyl (C=O) groups excluding carboxylic acids is 2. The Morgan fingerprint density at radius 3 is 2.38 bits per heavy atom. The molecule has 2 fully saturated rings. The number of rotatable bonds is 7. The van der Waals surface area contributed by atoms with E-state index in [1.165, 1.54) is 19.3 Å². The lowest BCUT2D eigenvalue weighted by Crippen LogP contribution is -2.36. The number of hydrogen-bond donors (Lipinski definition) is 2. The number of carbonyl (C=O) groups is 2. The number of ether oxygens (including phenoxy) is 2. The number of anilines is 1. The van der Waals surface area contributed by atoms with E-state index in [0.29, 0.717) is 29.2 Å². The summed E-state index contributed by atoms with van der Waals surface area (Å²) < 4.78 is 12.1. The molecular weight excluding hydrogens is 472 g/mol. The zero-order valence-corrected chi connectivity index (χ0v) is 19.7. The van der Waals surface area contributed by atoms with Crippen LogP contribution in [0.4, 0.5) is 5.69 Å². The smallest absolute Gasteiger partial charge is 0.255 e. The fourth-order valence-electron chi connectivity index (χ4n) is 4.14. The summed E-state index contributed by atoms with van der Waals surface area (Å²) >= 11 is 3.49. The standard InChI is InChI=1S/C25H29BrN2O4/c26-22-15-18(10-13-23(22)32-16-21-7-4-14-31-21)25(30)28-20-11-8-17(9-12-20)24(29)27-19-5-2-1-3-6-19/h8-13,15,19,21H,1-7,14,16H2,(H,27,29)(H,28,30). The molecule has 2 aliphatic rings. The highest BCUT2D eigenvalue weighted by atomic mass is 79.9. The summed E-state index contributed by atoms with van der Waals surface area (Å²) in [6.45, 7) is 1.30. The van der Waals surface area contributed by atoms with Crippen LogP contribution in [0, 0.1) is 0 Å². The average molecular weight is 501 g/mol. The third-order valence-electron chi connectivity index (χ3n) is 5.99. The van der Waals surface area contributed by atoms with Crippen molar-refractivity contribution >= 4 is 33.4 Å². The van der Waals surface area contributed by atoms with Crippen LogP contribution >= 0.6 is 15.9 Å². The Balaban J connectivity index is 1.30. The predicted molar refractivity (Wildman–Crippen MR) is 127 cm³/mol. The van der Waals surface area contributed by atoms with E-state index in [0.717, 1.165) is 36.8 Å². The van der Waals surface area contributed by atoms with Crippen LogP contribution < -0.4 is 15.4 Å². The van der Waals surface area contributed by atoms with E-state index in [9.17, 15) is 9.59 Å². The van der Waals surface area contributed by atoms with Gasteiger partial charge in [0.25, 0.3) is 11.8 Å². The second-order valence-electron chi connectivity index (χ2n) is 8.43. The molecule has 1 saturated heterocycles. The number of halogens is 1. The maximum absolute atomic E-state index is 12.7. The summed E-state index contributed by atoms with van der Waals surface area (Å²) in [6, 6.07) is 12.5. The fourth-order valence-corrected chi connectivity index (χ4v) is 4.63. The second kappa shape index (κ2) is 11.0. The van der Waals surface area contributed by atoms with Gasteiger partial charge in [-0.2, -0.15) is 0 Å². The van der Waals surface area contributed by atoms with Crippen LogP contribution in [0.15, 0.2) is 46.9 Å². The Morgan fingerprint density at radius 1 is 0.938 bits per heavy atom. The Kier molecular flexibility index (Phi) is 7.81. The molecule has 7 heteroatoms. The molecule has 1 heterocycles. The van der Waals surface area contributed by atoms with E-state index >= 15 is 0 Å². The SMILES string of the molecule is O=C(Nc1ccc(C(=O)NC2CCCCC2)cc1)c1ccc(OCC2CCCO2)c(Br)c1. The molecule has 1 aliphatic carbocycles. The molecule has 0 spiro atoms. The number of benzene rings is 2.